The van der Waals surface area contributed by atoms with Crippen LogP contribution in [0.3, 0.4) is 0 Å². The van der Waals surface area contributed by atoms with E-state index in [1.807, 2.05) is 11.3 Å². The van der Waals surface area contributed by atoms with Gasteiger partial charge in [0, 0.05) is 26.4 Å². The van der Waals surface area contributed by atoms with E-state index in [2.05, 4.69) is 102 Å². The van der Waals surface area contributed by atoms with Gasteiger partial charge in [-0.25, -0.2) is 0 Å². The number of benzene rings is 3. The number of nitrogens with zero attached hydrogens (tertiary/aromatic N) is 2. The number of rotatable bonds is 1. The number of hydrogen-bond donors (Lipinski definition) is 0. The summed E-state index contributed by atoms with van der Waals surface area (Å²) < 4.78 is 6.18. The molecule has 2 nitrogen and oxygen atoms in total. The summed E-state index contributed by atoms with van der Waals surface area (Å²) in [6, 6.07) is 26.4. The Balaban J connectivity index is 1.87. The maximum absolute atomic E-state index is 2.50. The van der Waals surface area contributed by atoms with Crippen LogP contribution < -0.4 is 4.57 Å². The van der Waals surface area contributed by atoms with Crippen molar-refractivity contribution in [3.05, 3.63) is 84.6 Å². The van der Waals surface area contributed by atoms with Crippen molar-refractivity contribution in [2.45, 2.75) is 6.92 Å². The molecule has 0 bridgehead atoms. The van der Waals surface area contributed by atoms with Gasteiger partial charge in [0.25, 0.3) is 0 Å². The van der Waals surface area contributed by atoms with Gasteiger partial charge in [-0.05, 0) is 30.7 Å². The molecule has 0 radical (unpaired) electrons. The van der Waals surface area contributed by atoms with Gasteiger partial charge in [-0.3, -0.25) is 4.40 Å². The number of thiophene rings is 1. The lowest BCUT2D eigenvalue weighted by molar-refractivity contribution is -0.658. The fourth-order valence-corrected chi connectivity index (χ4v) is 6.46. The zero-order valence-corrected chi connectivity index (χ0v) is 17.6. The van der Waals surface area contributed by atoms with Crippen molar-refractivity contribution in [3.8, 4) is 11.3 Å². The third kappa shape index (κ3) is 1.86. The monoisotopic (exact) mass is 403 g/mol. The summed E-state index contributed by atoms with van der Waals surface area (Å²) in [5.74, 6) is 0. The van der Waals surface area contributed by atoms with Crippen LogP contribution in [0.1, 0.15) is 5.56 Å². The summed E-state index contributed by atoms with van der Waals surface area (Å²) in [5.41, 5.74) is 6.55. The molecule has 4 aromatic heterocycles. The minimum absolute atomic E-state index is 1.29. The van der Waals surface area contributed by atoms with E-state index in [4.69, 9.17) is 0 Å². The molecule has 30 heavy (non-hydrogen) atoms. The molecule has 0 spiro atoms. The molecule has 0 saturated heterocycles. The smallest absolute Gasteiger partial charge is 0.222 e. The van der Waals surface area contributed by atoms with Gasteiger partial charge in [0.15, 0.2) is 6.20 Å². The van der Waals surface area contributed by atoms with Gasteiger partial charge in [-0.2, -0.15) is 4.57 Å². The number of hydrogen-bond acceptors (Lipinski definition) is 1. The maximum Gasteiger partial charge on any atom is 0.222 e. The van der Waals surface area contributed by atoms with Crippen molar-refractivity contribution in [2.24, 2.45) is 7.05 Å². The van der Waals surface area contributed by atoms with Crippen LogP contribution in [-0.4, -0.2) is 4.40 Å². The summed E-state index contributed by atoms with van der Waals surface area (Å²) in [4.78, 5) is 1.35. The normalized spacial score (nSPS) is 12.3. The zero-order chi connectivity index (χ0) is 20.0. The summed E-state index contributed by atoms with van der Waals surface area (Å²) >= 11 is 1.90. The second-order valence-electron chi connectivity index (χ2n) is 8.17. The van der Waals surface area contributed by atoms with Crippen LogP contribution in [0.4, 0.5) is 0 Å². The third-order valence-electron chi connectivity index (χ3n) is 6.49. The van der Waals surface area contributed by atoms with Crippen molar-refractivity contribution in [1.29, 1.82) is 0 Å². The second kappa shape index (κ2) is 5.59. The molecule has 0 amide bonds. The number of para-hydroxylation sites is 1. The first-order valence-electron chi connectivity index (χ1n) is 10.3. The van der Waals surface area contributed by atoms with Crippen molar-refractivity contribution in [1.82, 2.24) is 4.40 Å². The van der Waals surface area contributed by atoms with Crippen LogP contribution in [-0.2, 0) is 7.05 Å². The van der Waals surface area contributed by atoms with Crippen molar-refractivity contribution >= 4 is 58.8 Å². The van der Waals surface area contributed by atoms with Crippen molar-refractivity contribution < 1.29 is 4.57 Å². The van der Waals surface area contributed by atoms with Gasteiger partial charge in [0.05, 0.1) is 21.8 Å². The van der Waals surface area contributed by atoms with Gasteiger partial charge in [0.2, 0.25) is 5.69 Å². The number of fused-ring (bicyclic) bond motifs is 8. The molecule has 3 aromatic carbocycles. The van der Waals surface area contributed by atoms with Crippen LogP contribution in [0.15, 0.2) is 79.0 Å². The quantitative estimate of drug-likeness (QED) is 0.265. The van der Waals surface area contributed by atoms with E-state index < -0.39 is 0 Å². The maximum atomic E-state index is 2.50. The zero-order valence-electron chi connectivity index (χ0n) is 16.8. The highest BCUT2D eigenvalue weighted by Gasteiger charge is 2.29. The highest BCUT2D eigenvalue weighted by Crippen LogP contribution is 2.47. The van der Waals surface area contributed by atoms with Gasteiger partial charge in [-0.1, -0.05) is 54.6 Å². The molecule has 0 aliphatic rings. The van der Waals surface area contributed by atoms with Crippen LogP contribution in [0.5, 0.6) is 0 Å². The SMILES string of the molecule is Cc1ccccc1-c1c2c3c4ccccc4sc3n3c4ccccc4c(c[n+]1C)c23. The first-order chi connectivity index (χ1) is 14.7. The number of aromatic nitrogens is 2. The molecule has 0 fully saturated rings. The Hall–Kier alpha value is -3.43. The van der Waals surface area contributed by atoms with Crippen LogP contribution in [0, 0.1) is 6.92 Å². The second-order valence-corrected chi connectivity index (χ2v) is 9.20. The molecule has 0 N–H and O–H groups in total. The molecule has 7 rings (SSSR count). The minimum atomic E-state index is 1.29. The lowest BCUT2D eigenvalue weighted by Crippen LogP contribution is -2.30. The van der Waals surface area contributed by atoms with E-state index in [9.17, 15) is 0 Å². The predicted molar refractivity (Wildman–Crippen MR) is 128 cm³/mol. The molecule has 3 heteroatoms. The van der Waals surface area contributed by atoms with Crippen molar-refractivity contribution in [2.75, 3.05) is 0 Å². The van der Waals surface area contributed by atoms with E-state index >= 15 is 0 Å². The van der Waals surface area contributed by atoms with Gasteiger partial charge in [0.1, 0.15) is 11.9 Å². The highest BCUT2D eigenvalue weighted by molar-refractivity contribution is 7.25. The molecule has 0 aliphatic heterocycles. The Morgan fingerprint density at radius 2 is 1.50 bits per heavy atom. The summed E-state index contributed by atoms with van der Waals surface area (Å²) in [6.45, 7) is 2.21. The average Bonchev–Trinajstić information content (AvgIpc) is 3.39. The predicted octanol–water partition coefficient (Wildman–Crippen LogP) is 6.85. The van der Waals surface area contributed by atoms with E-state index in [-0.39, 0.29) is 0 Å². The molecule has 0 saturated carbocycles. The minimum Gasteiger partial charge on any atom is -0.299 e. The molecule has 142 valence electrons. The Morgan fingerprint density at radius 3 is 2.37 bits per heavy atom. The molecule has 7 aromatic rings. The van der Waals surface area contributed by atoms with Gasteiger partial charge < -0.3 is 0 Å². The Morgan fingerprint density at radius 1 is 0.767 bits per heavy atom. The highest BCUT2D eigenvalue weighted by atomic mass is 32.1. The molecular weight excluding hydrogens is 384 g/mol. The fourth-order valence-electron chi connectivity index (χ4n) is 5.23. The average molecular weight is 404 g/mol. The molecular formula is C27H19N2S+. The van der Waals surface area contributed by atoms with Gasteiger partial charge in [-0.15, -0.1) is 11.3 Å². The van der Waals surface area contributed by atoms with Crippen LogP contribution in [0.2, 0.25) is 0 Å². The third-order valence-corrected chi connectivity index (χ3v) is 7.65. The standard InChI is InChI=1S/C27H19N2S/c1-16-9-3-4-10-17(16)25-24-23-19-12-6-8-14-22(19)30-27(23)29-21-13-7-5-11-18(21)20(26(24)29)15-28(25)2/h3-15H,1-2H3/q+1. The van der Waals surface area contributed by atoms with Gasteiger partial charge >= 0.3 is 0 Å². The Labute approximate surface area is 177 Å². The lowest BCUT2D eigenvalue weighted by atomic mass is 9.99. The first kappa shape index (κ1) is 16.4. The molecule has 4 heterocycles. The van der Waals surface area contributed by atoms with Crippen molar-refractivity contribution in [3.63, 3.8) is 0 Å². The van der Waals surface area contributed by atoms with Crippen LogP contribution in [0.25, 0.3) is 58.8 Å². The number of aryl methyl sites for hydroxylation is 2. The lowest BCUT2D eigenvalue weighted by Gasteiger charge is -2.07. The molecule has 0 aliphatic carbocycles. The molecule has 0 unspecified atom stereocenters. The Kier molecular flexibility index (Phi) is 3.05. The van der Waals surface area contributed by atoms with E-state index in [0.29, 0.717) is 0 Å². The first-order valence-corrected chi connectivity index (χ1v) is 11.1. The summed E-state index contributed by atoms with van der Waals surface area (Å²) in [5, 5.41) is 6.76. The summed E-state index contributed by atoms with van der Waals surface area (Å²) in [7, 11) is 2.19. The van der Waals surface area contributed by atoms with Crippen LogP contribution >= 0.6 is 11.3 Å². The largest absolute Gasteiger partial charge is 0.299 e. The molecule has 0 atom stereocenters. The fraction of sp³-hybridized carbons (Fsp3) is 0.0741. The summed E-state index contributed by atoms with van der Waals surface area (Å²) in [6.07, 6.45) is 2.32. The topological polar surface area (TPSA) is 8.29 Å². The van der Waals surface area contributed by atoms with E-state index in [0.717, 1.165) is 0 Å². The van der Waals surface area contributed by atoms with E-state index in [1.165, 1.54) is 64.3 Å². The van der Waals surface area contributed by atoms with E-state index in [1.54, 1.807) is 0 Å². The number of pyridine rings is 1. The Bertz CT molecular complexity index is 1760.